The van der Waals surface area contributed by atoms with Crippen LogP contribution in [0.2, 0.25) is 0 Å². The van der Waals surface area contributed by atoms with Crippen molar-refractivity contribution in [2.24, 2.45) is 0 Å². The maximum Gasteiger partial charge on any atom is 0.272 e. The largest absolute Gasteiger partial charge is 0.339 e. The molecule has 0 aliphatic carbocycles. The quantitative estimate of drug-likeness (QED) is 0.790. The number of rotatable bonds is 3. The molecule has 1 heterocycles. The molecule has 0 spiro atoms. The fraction of sp³-hybridized carbons (Fsp3) is 0.455. The van der Waals surface area contributed by atoms with Crippen molar-refractivity contribution in [3.8, 4) is 0 Å². The van der Waals surface area contributed by atoms with Gasteiger partial charge in [-0.15, -0.1) is 0 Å². The molecule has 1 atom stereocenters. The minimum absolute atomic E-state index is 0.0283. The van der Waals surface area contributed by atoms with Gasteiger partial charge in [0.05, 0.1) is 0 Å². The molecular weight excluding hydrogens is 256 g/mol. The Morgan fingerprint density at radius 3 is 2.87 bits per heavy atom. The summed E-state index contributed by atoms with van der Waals surface area (Å²) in [6, 6.07) is 3.73. The summed E-state index contributed by atoms with van der Waals surface area (Å²) in [6.07, 6.45) is 1.64. The van der Waals surface area contributed by atoms with E-state index in [1.165, 1.54) is 0 Å². The molecule has 15 heavy (non-hydrogen) atoms. The van der Waals surface area contributed by atoms with Crippen LogP contribution in [-0.4, -0.2) is 34.2 Å². The first-order valence-corrected chi connectivity index (χ1v) is 5.75. The lowest BCUT2D eigenvalue weighted by Crippen LogP contribution is -2.32. The Hall–Kier alpha value is -0.900. The van der Waals surface area contributed by atoms with Gasteiger partial charge in [0, 0.05) is 24.6 Å². The van der Waals surface area contributed by atoms with Crippen molar-refractivity contribution < 1.29 is 4.79 Å². The number of hydrogen-bond donors (Lipinski definition) is 0. The first-order chi connectivity index (χ1) is 7.02. The number of aromatic nitrogens is 1. The molecule has 1 aromatic heterocycles. The minimum atomic E-state index is -0.0283. The van der Waals surface area contributed by atoms with Crippen molar-refractivity contribution in [3.63, 3.8) is 0 Å². The Kier molecular flexibility index (Phi) is 4.27. The number of halogens is 1. The van der Waals surface area contributed by atoms with E-state index in [4.69, 9.17) is 0 Å². The van der Waals surface area contributed by atoms with E-state index in [1.807, 2.05) is 26.0 Å². The average Bonchev–Trinajstić information content (AvgIpc) is 2.16. The molecule has 3 nitrogen and oxygen atoms in total. The highest BCUT2D eigenvalue weighted by molar-refractivity contribution is 9.09. The molecule has 0 aliphatic rings. The second kappa shape index (κ2) is 5.26. The number of nitrogens with zero attached hydrogens (tertiary/aromatic N) is 2. The zero-order valence-electron chi connectivity index (χ0n) is 9.20. The predicted octanol–water partition coefficient (Wildman–Crippen LogP) is 2.25. The summed E-state index contributed by atoms with van der Waals surface area (Å²) in [5.41, 5.74) is 1.45. The number of carbonyl (C=O) groups excluding carboxylic acids is 1. The van der Waals surface area contributed by atoms with Crippen LogP contribution in [-0.2, 0) is 0 Å². The smallest absolute Gasteiger partial charge is 0.272 e. The Morgan fingerprint density at radius 1 is 1.67 bits per heavy atom. The van der Waals surface area contributed by atoms with Gasteiger partial charge in [-0.05, 0) is 18.6 Å². The molecule has 0 fully saturated rings. The molecule has 82 valence electrons. The normalized spacial score (nSPS) is 12.3. The van der Waals surface area contributed by atoms with Crippen LogP contribution in [0, 0.1) is 6.92 Å². The molecule has 0 bridgehead atoms. The van der Waals surface area contributed by atoms with Crippen LogP contribution in [0.3, 0.4) is 0 Å². The average molecular weight is 271 g/mol. The second-order valence-corrected chi connectivity index (χ2v) is 5.20. The standard InChI is InChI=1S/C11H15BrN2O/c1-8-5-4-6-13-10(8)11(15)14(3)7-9(2)12/h4-6,9H,7H2,1-3H3. The lowest BCUT2D eigenvalue weighted by Gasteiger charge is -2.18. The van der Waals surface area contributed by atoms with Crippen LogP contribution in [0.5, 0.6) is 0 Å². The Labute approximate surface area is 98.6 Å². The van der Waals surface area contributed by atoms with E-state index in [1.54, 1.807) is 18.1 Å². The van der Waals surface area contributed by atoms with Crippen molar-refractivity contribution in [2.75, 3.05) is 13.6 Å². The lowest BCUT2D eigenvalue weighted by molar-refractivity contribution is 0.0791. The Balaban J connectivity index is 2.81. The topological polar surface area (TPSA) is 33.2 Å². The maximum absolute atomic E-state index is 11.9. The highest BCUT2D eigenvalue weighted by atomic mass is 79.9. The summed E-state index contributed by atoms with van der Waals surface area (Å²) in [5.74, 6) is -0.0283. The molecule has 0 aromatic carbocycles. The van der Waals surface area contributed by atoms with Crippen molar-refractivity contribution in [1.82, 2.24) is 9.88 Å². The summed E-state index contributed by atoms with van der Waals surface area (Å²) in [7, 11) is 1.79. The molecule has 4 heteroatoms. The monoisotopic (exact) mass is 270 g/mol. The number of pyridine rings is 1. The molecule has 0 N–H and O–H groups in total. The van der Waals surface area contributed by atoms with E-state index >= 15 is 0 Å². The third-order valence-electron chi connectivity index (χ3n) is 2.08. The van der Waals surface area contributed by atoms with Gasteiger partial charge in [0.1, 0.15) is 5.69 Å². The summed E-state index contributed by atoms with van der Waals surface area (Å²) in [4.78, 5) is 18.0. The van der Waals surface area contributed by atoms with Gasteiger partial charge in [-0.2, -0.15) is 0 Å². The number of aryl methyl sites for hydroxylation is 1. The van der Waals surface area contributed by atoms with E-state index in [9.17, 15) is 4.79 Å². The molecule has 0 radical (unpaired) electrons. The van der Waals surface area contributed by atoms with Crippen molar-refractivity contribution in [3.05, 3.63) is 29.6 Å². The molecule has 0 saturated carbocycles. The summed E-state index contributed by atoms with van der Waals surface area (Å²) < 4.78 is 0. The van der Waals surface area contributed by atoms with Gasteiger partial charge in [-0.1, -0.05) is 28.9 Å². The van der Waals surface area contributed by atoms with Crippen molar-refractivity contribution >= 4 is 21.8 Å². The third-order valence-corrected chi connectivity index (χ3v) is 2.37. The van der Waals surface area contributed by atoms with Crippen LogP contribution >= 0.6 is 15.9 Å². The molecule has 0 saturated heterocycles. The zero-order valence-corrected chi connectivity index (χ0v) is 10.8. The Morgan fingerprint density at radius 2 is 2.33 bits per heavy atom. The number of amides is 1. The van der Waals surface area contributed by atoms with Gasteiger partial charge >= 0.3 is 0 Å². The molecule has 1 amide bonds. The predicted molar refractivity (Wildman–Crippen MR) is 64.3 cm³/mol. The number of carbonyl (C=O) groups is 1. The summed E-state index contributed by atoms with van der Waals surface area (Å²) in [6.45, 7) is 4.58. The lowest BCUT2D eigenvalue weighted by atomic mass is 10.2. The third kappa shape index (κ3) is 3.30. The van der Waals surface area contributed by atoms with E-state index in [-0.39, 0.29) is 10.7 Å². The van der Waals surface area contributed by atoms with Gasteiger partial charge in [-0.3, -0.25) is 9.78 Å². The van der Waals surface area contributed by atoms with Crippen LogP contribution in [0.4, 0.5) is 0 Å². The minimum Gasteiger partial charge on any atom is -0.339 e. The van der Waals surface area contributed by atoms with Crippen LogP contribution in [0.15, 0.2) is 18.3 Å². The van der Waals surface area contributed by atoms with Crippen molar-refractivity contribution in [2.45, 2.75) is 18.7 Å². The van der Waals surface area contributed by atoms with Crippen molar-refractivity contribution in [1.29, 1.82) is 0 Å². The van der Waals surface area contributed by atoms with E-state index in [0.29, 0.717) is 12.2 Å². The van der Waals surface area contributed by atoms with E-state index in [2.05, 4.69) is 20.9 Å². The van der Waals surface area contributed by atoms with E-state index < -0.39 is 0 Å². The Bertz CT molecular complexity index is 352. The highest BCUT2D eigenvalue weighted by Crippen LogP contribution is 2.08. The fourth-order valence-corrected chi connectivity index (χ4v) is 1.78. The molecular formula is C11H15BrN2O. The number of hydrogen-bond acceptors (Lipinski definition) is 2. The first-order valence-electron chi connectivity index (χ1n) is 4.83. The van der Waals surface area contributed by atoms with E-state index in [0.717, 1.165) is 5.56 Å². The SMILES string of the molecule is Cc1cccnc1C(=O)N(C)CC(C)Br. The van der Waals surface area contributed by atoms with Crippen LogP contribution in [0.1, 0.15) is 23.0 Å². The second-order valence-electron chi connectivity index (χ2n) is 3.64. The summed E-state index contributed by atoms with van der Waals surface area (Å²) >= 11 is 3.42. The molecule has 0 aliphatic heterocycles. The molecule has 1 unspecified atom stereocenters. The zero-order chi connectivity index (χ0) is 11.4. The van der Waals surface area contributed by atoms with Gasteiger partial charge < -0.3 is 4.90 Å². The number of alkyl halides is 1. The molecule has 1 aromatic rings. The molecule has 1 rings (SSSR count). The first kappa shape index (κ1) is 12.2. The fourth-order valence-electron chi connectivity index (χ4n) is 1.35. The van der Waals surface area contributed by atoms with Gasteiger partial charge in [0.25, 0.3) is 5.91 Å². The highest BCUT2D eigenvalue weighted by Gasteiger charge is 2.15. The van der Waals surface area contributed by atoms with Gasteiger partial charge in [-0.25, -0.2) is 0 Å². The van der Waals surface area contributed by atoms with Gasteiger partial charge in [0.2, 0.25) is 0 Å². The summed E-state index contributed by atoms with van der Waals surface area (Å²) in [5, 5.41) is 0. The van der Waals surface area contributed by atoms with Gasteiger partial charge in [0.15, 0.2) is 0 Å². The van der Waals surface area contributed by atoms with Crippen LogP contribution in [0.25, 0.3) is 0 Å². The van der Waals surface area contributed by atoms with Crippen LogP contribution < -0.4 is 0 Å². The maximum atomic E-state index is 11.9.